The Balaban J connectivity index is 1.81. The standard InChI is InChI=1S/C29H34FN5O2S2/c1-5-7-12-34-26(33-15-13-32(14-16-33)24-11-9-8-10-23(24)30)21(20(4)22(18-31)27(34)36)17-25-28(37)35(19(3)6-2)29(38)39-25/h8-11,17,19H,5-7,12-16H2,1-4H3/b25-17-. The molecule has 0 radical (unpaired) electrons. The van der Waals surface area contributed by atoms with E-state index in [0.29, 0.717) is 64.6 Å². The molecule has 0 saturated carbocycles. The van der Waals surface area contributed by atoms with E-state index in [4.69, 9.17) is 12.2 Å². The first-order valence-corrected chi connectivity index (χ1v) is 14.6. The highest BCUT2D eigenvalue weighted by Gasteiger charge is 2.36. The number of thioether (sulfide) groups is 1. The Kier molecular flexibility index (Phi) is 9.13. The second-order valence-corrected chi connectivity index (χ2v) is 11.6. The number of pyridine rings is 1. The van der Waals surface area contributed by atoms with E-state index in [1.165, 1.54) is 17.8 Å². The number of nitriles is 1. The highest BCUT2D eigenvalue weighted by atomic mass is 32.2. The molecule has 1 aromatic heterocycles. The highest BCUT2D eigenvalue weighted by molar-refractivity contribution is 8.26. The van der Waals surface area contributed by atoms with Crippen LogP contribution in [0.25, 0.3) is 6.08 Å². The van der Waals surface area contributed by atoms with Crippen LogP contribution in [-0.4, -0.2) is 51.9 Å². The molecular formula is C29H34FN5O2S2. The van der Waals surface area contributed by atoms with E-state index in [9.17, 15) is 19.2 Å². The van der Waals surface area contributed by atoms with Crippen molar-refractivity contribution in [2.45, 2.75) is 59.5 Å². The van der Waals surface area contributed by atoms with Crippen molar-refractivity contribution in [3.05, 3.63) is 62.0 Å². The quantitative estimate of drug-likeness (QED) is 0.317. The van der Waals surface area contributed by atoms with Crippen molar-refractivity contribution in [2.24, 2.45) is 0 Å². The van der Waals surface area contributed by atoms with E-state index in [2.05, 4.69) is 17.9 Å². The molecule has 2 aliphatic rings. The van der Waals surface area contributed by atoms with Gasteiger partial charge in [-0.15, -0.1) is 0 Å². The number of benzene rings is 1. The maximum Gasteiger partial charge on any atom is 0.270 e. The Labute approximate surface area is 238 Å². The molecule has 2 fully saturated rings. The van der Waals surface area contributed by atoms with Gasteiger partial charge in [0.15, 0.2) is 0 Å². The number of piperazine rings is 1. The summed E-state index contributed by atoms with van der Waals surface area (Å²) in [6.07, 6.45) is 4.23. The zero-order chi connectivity index (χ0) is 28.3. The molecule has 4 rings (SSSR count). The smallest absolute Gasteiger partial charge is 0.270 e. The SMILES string of the molecule is CCCCn1c(N2CCN(c3ccccc3F)CC2)c(/C=C2\SC(=S)N(C(C)CC)C2=O)c(C)c(C#N)c1=O. The number of amides is 1. The van der Waals surface area contributed by atoms with Gasteiger partial charge in [0.05, 0.1) is 10.6 Å². The summed E-state index contributed by atoms with van der Waals surface area (Å²) in [5.74, 6) is 0.287. The number of aromatic nitrogens is 1. The summed E-state index contributed by atoms with van der Waals surface area (Å²) >= 11 is 6.79. The molecule has 10 heteroatoms. The van der Waals surface area contributed by atoms with Crippen LogP contribution < -0.4 is 15.4 Å². The van der Waals surface area contributed by atoms with Crippen molar-refractivity contribution in [1.82, 2.24) is 9.47 Å². The summed E-state index contributed by atoms with van der Waals surface area (Å²) in [4.78, 5) is 33.2. The van der Waals surface area contributed by atoms with Crippen LogP contribution in [0.5, 0.6) is 0 Å². The Hall–Kier alpha value is -3.16. The van der Waals surface area contributed by atoms with Crippen molar-refractivity contribution in [3.8, 4) is 6.07 Å². The Morgan fingerprint density at radius 3 is 2.44 bits per heavy atom. The van der Waals surface area contributed by atoms with Crippen LogP contribution in [0.1, 0.15) is 56.7 Å². The Morgan fingerprint density at radius 2 is 1.82 bits per heavy atom. The zero-order valence-electron chi connectivity index (χ0n) is 22.9. The molecule has 2 saturated heterocycles. The van der Waals surface area contributed by atoms with Gasteiger partial charge in [-0.1, -0.05) is 56.4 Å². The maximum absolute atomic E-state index is 14.5. The molecule has 0 aliphatic carbocycles. The van der Waals surface area contributed by atoms with Gasteiger partial charge >= 0.3 is 0 Å². The number of unbranched alkanes of at least 4 members (excludes halogenated alkanes) is 1. The number of hydrogen-bond donors (Lipinski definition) is 0. The third-order valence-electron chi connectivity index (χ3n) is 7.48. The van der Waals surface area contributed by atoms with Crippen LogP contribution in [0.15, 0.2) is 34.0 Å². The van der Waals surface area contributed by atoms with Crippen molar-refractivity contribution in [2.75, 3.05) is 36.0 Å². The number of para-hydroxylation sites is 1. The van der Waals surface area contributed by atoms with Crippen LogP contribution in [0.2, 0.25) is 0 Å². The Morgan fingerprint density at radius 1 is 1.15 bits per heavy atom. The van der Waals surface area contributed by atoms with Crippen LogP contribution >= 0.6 is 24.0 Å². The zero-order valence-corrected chi connectivity index (χ0v) is 24.5. The number of halogens is 1. The minimum Gasteiger partial charge on any atom is -0.366 e. The molecule has 1 unspecified atom stereocenters. The summed E-state index contributed by atoms with van der Waals surface area (Å²) in [7, 11) is 0. The van der Waals surface area contributed by atoms with E-state index < -0.39 is 0 Å². The van der Waals surface area contributed by atoms with Gasteiger partial charge in [-0.2, -0.15) is 5.26 Å². The lowest BCUT2D eigenvalue weighted by atomic mass is 10.0. The lowest BCUT2D eigenvalue weighted by Crippen LogP contribution is -2.49. The first-order valence-electron chi connectivity index (χ1n) is 13.4. The normalized spacial score (nSPS) is 17.7. The molecule has 1 aromatic carbocycles. The molecular weight excluding hydrogens is 533 g/mol. The molecule has 3 heterocycles. The average molecular weight is 568 g/mol. The fourth-order valence-corrected chi connectivity index (χ4v) is 6.49. The summed E-state index contributed by atoms with van der Waals surface area (Å²) < 4.78 is 16.7. The summed E-state index contributed by atoms with van der Waals surface area (Å²) in [6.45, 7) is 10.5. The van der Waals surface area contributed by atoms with Crippen LogP contribution in [-0.2, 0) is 11.3 Å². The molecule has 39 heavy (non-hydrogen) atoms. The predicted octanol–water partition coefficient (Wildman–Crippen LogP) is 5.29. The van der Waals surface area contributed by atoms with E-state index >= 15 is 0 Å². The van der Waals surface area contributed by atoms with E-state index in [1.54, 1.807) is 34.6 Å². The van der Waals surface area contributed by atoms with Gasteiger partial charge in [0.1, 0.15) is 27.6 Å². The van der Waals surface area contributed by atoms with Gasteiger partial charge in [-0.25, -0.2) is 4.39 Å². The molecule has 0 bridgehead atoms. The number of nitrogens with zero attached hydrogens (tertiary/aromatic N) is 5. The second kappa shape index (κ2) is 12.3. The number of thiocarbonyl (C=S) groups is 1. The Bertz CT molecular complexity index is 1410. The predicted molar refractivity (Wildman–Crippen MR) is 161 cm³/mol. The molecule has 1 atom stereocenters. The number of rotatable bonds is 8. The third-order valence-corrected chi connectivity index (χ3v) is 8.81. The lowest BCUT2D eigenvalue weighted by molar-refractivity contribution is -0.123. The fraction of sp³-hybridized carbons (Fsp3) is 0.448. The van der Waals surface area contributed by atoms with Crippen LogP contribution in [0.4, 0.5) is 15.9 Å². The maximum atomic E-state index is 14.5. The first-order chi connectivity index (χ1) is 18.7. The van der Waals surface area contributed by atoms with E-state index in [-0.39, 0.29) is 28.9 Å². The number of carbonyl (C=O) groups excluding carboxylic acids is 1. The average Bonchev–Trinajstić information content (AvgIpc) is 3.22. The number of hydrogen-bond acceptors (Lipinski definition) is 7. The summed E-state index contributed by atoms with van der Waals surface area (Å²) in [5.41, 5.74) is 1.56. The summed E-state index contributed by atoms with van der Waals surface area (Å²) in [6, 6.07) is 8.82. The molecule has 0 N–H and O–H groups in total. The monoisotopic (exact) mass is 567 g/mol. The second-order valence-electron chi connectivity index (χ2n) is 9.89. The molecule has 7 nitrogen and oxygen atoms in total. The summed E-state index contributed by atoms with van der Waals surface area (Å²) in [5, 5.41) is 9.92. The van der Waals surface area contributed by atoms with Gasteiger partial charge < -0.3 is 9.80 Å². The van der Waals surface area contributed by atoms with Gasteiger partial charge in [-0.3, -0.25) is 19.1 Å². The third kappa shape index (κ3) is 5.61. The highest BCUT2D eigenvalue weighted by Crippen LogP contribution is 2.37. The van der Waals surface area contributed by atoms with Gasteiger partial charge in [0.2, 0.25) is 0 Å². The largest absolute Gasteiger partial charge is 0.366 e. The molecule has 2 aliphatic heterocycles. The topological polar surface area (TPSA) is 72.6 Å². The first kappa shape index (κ1) is 28.8. The van der Waals surface area contributed by atoms with E-state index in [0.717, 1.165) is 19.3 Å². The van der Waals surface area contributed by atoms with Crippen molar-refractivity contribution >= 4 is 51.8 Å². The van der Waals surface area contributed by atoms with Crippen molar-refractivity contribution in [3.63, 3.8) is 0 Å². The molecule has 1 amide bonds. The van der Waals surface area contributed by atoms with Crippen LogP contribution in [0.3, 0.4) is 0 Å². The molecule has 2 aromatic rings. The minimum atomic E-state index is -0.320. The minimum absolute atomic E-state index is 0.0244. The number of carbonyl (C=O) groups is 1. The van der Waals surface area contributed by atoms with Crippen LogP contribution in [0, 0.1) is 24.1 Å². The van der Waals surface area contributed by atoms with Gasteiger partial charge in [0.25, 0.3) is 11.5 Å². The van der Waals surface area contributed by atoms with Crippen molar-refractivity contribution in [1.29, 1.82) is 5.26 Å². The molecule has 206 valence electrons. The molecule has 0 spiro atoms. The van der Waals surface area contributed by atoms with Gasteiger partial charge in [-0.05, 0) is 50.5 Å². The van der Waals surface area contributed by atoms with Crippen molar-refractivity contribution < 1.29 is 9.18 Å². The van der Waals surface area contributed by atoms with Gasteiger partial charge in [0, 0.05) is 44.3 Å². The van der Waals surface area contributed by atoms with E-state index in [1.807, 2.05) is 24.8 Å². The fourth-order valence-electron chi connectivity index (χ4n) is 5.05. The number of anilines is 2. The lowest BCUT2D eigenvalue weighted by Gasteiger charge is -2.39.